The van der Waals surface area contributed by atoms with Gasteiger partial charge >= 0.3 is 12.0 Å². The molecule has 2 N–H and O–H groups in total. The van der Waals surface area contributed by atoms with Crippen molar-refractivity contribution in [2.24, 2.45) is 5.92 Å². The molecule has 2 fully saturated rings. The molecule has 1 atom stereocenters. The molecule has 8 heteroatoms. The molecular formula is C12H19N3O5. The van der Waals surface area contributed by atoms with Gasteiger partial charge in [0.2, 0.25) is 5.91 Å². The highest BCUT2D eigenvalue weighted by atomic mass is 16.5. The molecule has 2 aliphatic rings. The van der Waals surface area contributed by atoms with Crippen LogP contribution in [-0.2, 0) is 14.3 Å². The van der Waals surface area contributed by atoms with E-state index in [1.54, 1.807) is 4.90 Å². The van der Waals surface area contributed by atoms with Gasteiger partial charge in [-0.25, -0.2) is 4.79 Å². The maximum atomic E-state index is 12.3. The number of hydrogen-bond acceptors (Lipinski definition) is 4. The van der Waals surface area contributed by atoms with Gasteiger partial charge in [0, 0.05) is 32.6 Å². The van der Waals surface area contributed by atoms with E-state index in [4.69, 9.17) is 9.84 Å². The zero-order valence-corrected chi connectivity index (χ0v) is 11.4. The topological polar surface area (TPSA) is 99.2 Å². The van der Waals surface area contributed by atoms with Crippen LogP contribution in [0.5, 0.6) is 0 Å². The number of likely N-dealkylation sites (N-methyl/N-ethyl adjacent to an activating group) is 1. The summed E-state index contributed by atoms with van der Waals surface area (Å²) in [6, 6.07) is -0.830. The molecule has 0 saturated carbocycles. The number of carboxylic acid groups (broad SMARTS) is 1. The summed E-state index contributed by atoms with van der Waals surface area (Å²) in [5, 5.41) is 11.2. The van der Waals surface area contributed by atoms with Crippen LogP contribution in [0.25, 0.3) is 0 Å². The summed E-state index contributed by atoms with van der Waals surface area (Å²) in [5.74, 6) is -1.09. The van der Waals surface area contributed by atoms with Crippen molar-refractivity contribution in [2.75, 3.05) is 39.9 Å². The third kappa shape index (κ3) is 3.01. The van der Waals surface area contributed by atoms with Crippen LogP contribution in [0.4, 0.5) is 4.79 Å². The predicted molar refractivity (Wildman–Crippen MR) is 68.1 cm³/mol. The number of carbonyl (C=O) groups excluding carboxylic acids is 2. The molecule has 0 aromatic rings. The molecule has 1 unspecified atom stereocenters. The normalized spacial score (nSPS) is 23.1. The first-order valence-electron chi connectivity index (χ1n) is 6.59. The number of carboxylic acids is 1. The minimum absolute atomic E-state index is 0.0101. The number of carbonyl (C=O) groups is 3. The summed E-state index contributed by atoms with van der Waals surface area (Å²) in [7, 11) is 1.52. The summed E-state index contributed by atoms with van der Waals surface area (Å²) < 4.78 is 5.24. The number of morpholine rings is 1. The minimum atomic E-state index is -0.850. The Morgan fingerprint density at radius 1 is 1.35 bits per heavy atom. The first-order valence-corrected chi connectivity index (χ1v) is 6.59. The fourth-order valence-electron chi connectivity index (χ4n) is 2.50. The molecule has 2 rings (SSSR count). The van der Waals surface area contributed by atoms with Crippen LogP contribution in [0, 0.1) is 5.92 Å². The van der Waals surface area contributed by atoms with Crippen LogP contribution in [0.2, 0.25) is 0 Å². The van der Waals surface area contributed by atoms with Crippen molar-refractivity contribution in [3.05, 3.63) is 0 Å². The van der Waals surface area contributed by atoms with Gasteiger partial charge in [0.1, 0.15) is 6.04 Å². The lowest BCUT2D eigenvalue weighted by Gasteiger charge is -2.44. The maximum Gasteiger partial charge on any atom is 0.320 e. The monoisotopic (exact) mass is 285 g/mol. The summed E-state index contributed by atoms with van der Waals surface area (Å²) in [4.78, 5) is 37.7. The molecular weight excluding hydrogens is 266 g/mol. The fourth-order valence-corrected chi connectivity index (χ4v) is 2.50. The Balaban J connectivity index is 1.91. The van der Waals surface area contributed by atoms with Gasteiger partial charge in [-0.15, -0.1) is 0 Å². The van der Waals surface area contributed by atoms with Gasteiger partial charge in [0.25, 0.3) is 0 Å². The Labute approximate surface area is 116 Å². The number of nitrogens with one attached hydrogen (secondary N) is 1. The van der Waals surface area contributed by atoms with E-state index in [1.165, 1.54) is 11.9 Å². The number of amides is 3. The second-order valence-electron chi connectivity index (χ2n) is 5.05. The fraction of sp³-hybridized carbons (Fsp3) is 0.750. The molecule has 20 heavy (non-hydrogen) atoms. The van der Waals surface area contributed by atoms with Crippen molar-refractivity contribution in [2.45, 2.75) is 12.5 Å². The van der Waals surface area contributed by atoms with Crippen molar-refractivity contribution in [1.82, 2.24) is 15.1 Å². The van der Waals surface area contributed by atoms with Crippen LogP contribution in [0.1, 0.15) is 6.42 Å². The highest BCUT2D eigenvalue weighted by Gasteiger charge is 2.39. The molecule has 0 aliphatic carbocycles. The number of rotatable bonds is 3. The number of likely N-dealkylation sites (tertiary alicyclic amines) is 1. The maximum absolute atomic E-state index is 12.3. The zero-order valence-electron chi connectivity index (χ0n) is 11.4. The Bertz CT molecular complexity index is 408. The molecule has 2 heterocycles. The summed E-state index contributed by atoms with van der Waals surface area (Å²) in [5.41, 5.74) is 0. The second-order valence-corrected chi connectivity index (χ2v) is 5.05. The molecule has 0 spiro atoms. The van der Waals surface area contributed by atoms with Crippen LogP contribution in [0.3, 0.4) is 0 Å². The number of aliphatic carboxylic acids is 1. The summed E-state index contributed by atoms with van der Waals surface area (Å²) in [6.45, 7) is 1.84. The highest BCUT2D eigenvalue weighted by Crippen LogP contribution is 2.22. The number of ether oxygens (including phenoxy) is 1. The second kappa shape index (κ2) is 6.08. The summed E-state index contributed by atoms with van der Waals surface area (Å²) >= 11 is 0. The van der Waals surface area contributed by atoms with E-state index >= 15 is 0 Å². The number of hydrogen-bond donors (Lipinski definition) is 2. The molecule has 2 aliphatic heterocycles. The lowest BCUT2D eigenvalue weighted by molar-refractivity contribution is -0.139. The van der Waals surface area contributed by atoms with Gasteiger partial charge in [0.15, 0.2) is 0 Å². The van der Waals surface area contributed by atoms with E-state index in [1.807, 2.05) is 0 Å². The molecule has 0 aromatic carbocycles. The SMILES string of the molecule is CNC(=O)C1COCCN1C(=O)N1CC(CC(=O)O)C1. The zero-order chi connectivity index (χ0) is 14.7. The lowest BCUT2D eigenvalue weighted by Crippen LogP contribution is -2.62. The number of urea groups is 1. The van der Waals surface area contributed by atoms with E-state index in [2.05, 4.69) is 5.32 Å². The van der Waals surface area contributed by atoms with Crippen LogP contribution in [-0.4, -0.2) is 78.8 Å². The smallest absolute Gasteiger partial charge is 0.320 e. The van der Waals surface area contributed by atoms with Gasteiger partial charge in [-0.3, -0.25) is 9.59 Å². The van der Waals surface area contributed by atoms with Crippen molar-refractivity contribution < 1.29 is 24.2 Å². The van der Waals surface area contributed by atoms with Gasteiger partial charge in [0.05, 0.1) is 19.6 Å². The van der Waals surface area contributed by atoms with Gasteiger partial charge < -0.3 is 25.0 Å². The number of nitrogens with zero attached hydrogens (tertiary/aromatic N) is 2. The first kappa shape index (κ1) is 14.6. The highest BCUT2D eigenvalue weighted by molar-refractivity contribution is 5.87. The van der Waals surface area contributed by atoms with Crippen molar-refractivity contribution in [1.29, 1.82) is 0 Å². The molecule has 0 aromatic heterocycles. The molecule has 3 amide bonds. The Morgan fingerprint density at radius 3 is 2.65 bits per heavy atom. The Hall–Kier alpha value is -1.83. The molecule has 8 nitrogen and oxygen atoms in total. The predicted octanol–water partition coefficient (Wildman–Crippen LogP) is -1.04. The van der Waals surface area contributed by atoms with Crippen LogP contribution >= 0.6 is 0 Å². The van der Waals surface area contributed by atoms with Crippen molar-refractivity contribution in [3.63, 3.8) is 0 Å². The minimum Gasteiger partial charge on any atom is -0.481 e. The van der Waals surface area contributed by atoms with Crippen molar-refractivity contribution >= 4 is 17.9 Å². The third-order valence-electron chi connectivity index (χ3n) is 3.61. The average molecular weight is 285 g/mol. The van der Waals surface area contributed by atoms with Crippen LogP contribution in [0.15, 0.2) is 0 Å². The van der Waals surface area contributed by atoms with Gasteiger partial charge in [-0.2, -0.15) is 0 Å². The third-order valence-corrected chi connectivity index (χ3v) is 3.61. The molecule has 0 bridgehead atoms. The summed E-state index contributed by atoms with van der Waals surface area (Å²) in [6.07, 6.45) is 0.0752. The van der Waals surface area contributed by atoms with Crippen molar-refractivity contribution in [3.8, 4) is 0 Å². The van der Waals surface area contributed by atoms with E-state index in [0.717, 1.165) is 0 Å². The van der Waals surface area contributed by atoms with E-state index < -0.39 is 12.0 Å². The average Bonchev–Trinajstić information content (AvgIpc) is 2.40. The van der Waals surface area contributed by atoms with Crippen LogP contribution < -0.4 is 5.32 Å². The van der Waals surface area contributed by atoms with E-state index in [9.17, 15) is 14.4 Å². The van der Waals surface area contributed by atoms with Gasteiger partial charge in [-0.05, 0) is 0 Å². The quantitative estimate of drug-likeness (QED) is 0.690. The standard InChI is InChI=1S/C12H19N3O5/c1-13-11(18)9-7-20-3-2-15(9)12(19)14-5-8(6-14)4-10(16)17/h8-9H,2-7H2,1H3,(H,13,18)(H,16,17). The van der Waals surface area contributed by atoms with E-state index in [-0.39, 0.29) is 30.9 Å². The lowest BCUT2D eigenvalue weighted by atomic mass is 9.97. The molecule has 112 valence electrons. The molecule has 2 saturated heterocycles. The Kier molecular flexibility index (Phi) is 4.43. The van der Waals surface area contributed by atoms with Gasteiger partial charge in [-0.1, -0.05) is 0 Å². The largest absolute Gasteiger partial charge is 0.481 e. The van der Waals surface area contributed by atoms with E-state index in [0.29, 0.717) is 26.2 Å². The molecule has 0 radical (unpaired) electrons. The Morgan fingerprint density at radius 2 is 2.05 bits per heavy atom. The first-order chi connectivity index (χ1) is 9.52.